The second-order valence-electron chi connectivity index (χ2n) is 21.5. The van der Waals surface area contributed by atoms with Crippen molar-refractivity contribution < 1.29 is 4.42 Å². The van der Waals surface area contributed by atoms with Gasteiger partial charge < -0.3 is 4.42 Å². The predicted molar refractivity (Wildman–Crippen MR) is 281 cm³/mol. The number of hydrogen-bond donors (Lipinski definition) is 0. The summed E-state index contributed by atoms with van der Waals surface area (Å²) in [5.74, 6) is 0. The largest absolute Gasteiger partial charge is 0.456 e. The summed E-state index contributed by atoms with van der Waals surface area (Å²) in [5.41, 5.74) is 28.9. The highest BCUT2D eigenvalue weighted by molar-refractivity contribution is 6.18. The van der Waals surface area contributed by atoms with Gasteiger partial charge in [0.2, 0.25) is 0 Å². The molecule has 4 aliphatic carbocycles. The third-order valence-electron chi connectivity index (χ3n) is 17.1. The molecule has 11 aromatic rings. The van der Waals surface area contributed by atoms with Crippen LogP contribution in [0.2, 0.25) is 0 Å². The van der Waals surface area contributed by atoms with Crippen LogP contribution in [-0.2, 0) is 22.7 Å². The smallest absolute Gasteiger partial charge is 0.136 e. The summed E-state index contributed by atoms with van der Waals surface area (Å²) >= 11 is 0. The molecule has 1 aromatic heterocycles. The molecule has 15 rings (SSSR count). The van der Waals surface area contributed by atoms with Crippen molar-refractivity contribution in [1.82, 2.24) is 0 Å². The highest BCUT2D eigenvalue weighted by Gasteiger charge is 2.46. The molecule has 67 heavy (non-hydrogen) atoms. The van der Waals surface area contributed by atoms with Gasteiger partial charge in [0, 0.05) is 27.0 Å². The normalized spacial score (nSPS) is 15.9. The van der Waals surface area contributed by atoms with Gasteiger partial charge in [-0.1, -0.05) is 163 Å². The first kappa shape index (κ1) is 37.7. The summed E-state index contributed by atoms with van der Waals surface area (Å²) in [6.07, 6.45) is 0.993. The molecule has 0 bridgehead atoms. The van der Waals surface area contributed by atoms with Crippen molar-refractivity contribution in [2.75, 3.05) is 0 Å². The van der Waals surface area contributed by atoms with Gasteiger partial charge in [-0.2, -0.15) is 0 Å². The summed E-state index contributed by atoms with van der Waals surface area (Å²) in [6.45, 7) is 14.8. The fourth-order valence-electron chi connectivity index (χ4n) is 13.7. The Kier molecular flexibility index (Phi) is 7.03. The molecule has 0 amide bonds. The fraction of sp³-hybridized carbons (Fsp3) is 0.152. The second kappa shape index (κ2) is 12.5. The van der Waals surface area contributed by atoms with Gasteiger partial charge in [0.25, 0.3) is 0 Å². The molecule has 0 saturated carbocycles. The van der Waals surface area contributed by atoms with Crippen LogP contribution in [0.3, 0.4) is 0 Å². The molecule has 0 saturated heterocycles. The molecule has 318 valence electrons. The minimum absolute atomic E-state index is 0.198. The molecule has 1 nitrogen and oxygen atoms in total. The lowest BCUT2D eigenvalue weighted by molar-refractivity contribution is 0.649. The monoisotopic (exact) mass is 856 g/mol. The first-order valence-corrected chi connectivity index (χ1v) is 24.1. The van der Waals surface area contributed by atoms with Crippen LogP contribution in [0.5, 0.6) is 0 Å². The lowest BCUT2D eigenvalue weighted by atomic mass is 9.78. The molecule has 4 aliphatic rings. The van der Waals surface area contributed by atoms with E-state index in [2.05, 4.69) is 211 Å². The van der Waals surface area contributed by atoms with Crippen molar-refractivity contribution in [2.45, 2.75) is 64.2 Å². The van der Waals surface area contributed by atoms with E-state index in [1.807, 2.05) is 0 Å². The third kappa shape index (κ3) is 4.65. The minimum Gasteiger partial charge on any atom is -0.456 e. The minimum atomic E-state index is -0.225. The number of fused-ring (bicyclic) bond motifs is 19. The van der Waals surface area contributed by atoms with Crippen LogP contribution in [0.15, 0.2) is 174 Å². The van der Waals surface area contributed by atoms with E-state index in [4.69, 9.17) is 4.42 Å². The Hall–Kier alpha value is -7.48. The van der Waals surface area contributed by atoms with Crippen LogP contribution >= 0.6 is 0 Å². The van der Waals surface area contributed by atoms with Gasteiger partial charge in [0.15, 0.2) is 0 Å². The SMILES string of the molecule is CC1(C)c2cc3c(cc2-c2cc4c(cc21)-c1c(cc(-c2cccc5oc6ccccc6c25)c2ccccc12)C4(C)C)C(C)(C)c1cc(-c2cccc4c2-c2ccccc2C4)c2ccccc2c1-3. The van der Waals surface area contributed by atoms with Crippen LogP contribution < -0.4 is 0 Å². The van der Waals surface area contributed by atoms with E-state index in [1.165, 1.54) is 138 Å². The maximum atomic E-state index is 6.43. The second-order valence-corrected chi connectivity index (χ2v) is 21.5. The molecule has 0 radical (unpaired) electrons. The molecule has 0 fully saturated rings. The summed E-state index contributed by atoms with van der Waals surface area (Å²) in [4.78, 5) is 0. The third-order valence-corrected chi connectivity index (χ3v) is 17.1. The van der Waals surface area contributed by atoms with E-state index in [-0.39, 0.29) is 16.2 Å². The average molecular weight is 857 g/mol. The van der Waals surface area contributed by atoms with Crippen LogP contribution in [0, 0.1) is 0 Å². The van der Waals surface area contributed by atoms with Crippen LogP contribution in [0.4, 0.5) is 0 Å². The average Bonchev–Trinajstić information content (AvgIpc) is 4.09. The van der Waals surface area contributed by atoms with Gasteiger partial charge in [-0.15, -0.1) is 0 Å². The summed E-state index contributed by atoms with van der Waals surface area (Å²) in [6, 6.07) is 64.8. The first-order valence-electron chi connectivity index (χ1n) is 24.1. The number of para-hydroxylation sites is 1. The topological polar surface area (TPSA) is 13.1 Å². The van der Waals surface area contributed by atoms with Gasteiger partial charge in [-0.25, -0.2) is 0 Å². The lowest BCUT2D eigenvalue weighted by Crippen LogP contribution is -2.17. The van der Waals surface area contributed by atoms with Gasteiger partial charge in [-0.3, -0.25) is 0 Å². The number of rotatable bonds is 2. The van der Waals surface area contributed by atoms with E-state index in [1.54, 1.807) is 0 Å². The molecule has 0 spiro atoms. The van der Waals surface area contributed by atoms with E-state index >= 15 is 0 Å². The Morgan fingerprint density at radius 1 is 0.299 bits per heavy atom. The van der Waals surface area contributed by atoms with Gasteiger partial charge in [0.1, 0.15) is 11.2 Å². The van der Waals surface area contributed by atoms with Gasteiger partial charge >= 0.3 is 0 Å². The van der Waals surface area contributed by atoms with Crippen molar-refractivity contribution in [3.8, 4) is 66.8 Å². The van der Waals surface area contributed by atoms with Crippen molar-refractivity contribution in [2.24, 2.45) is 0 Å². The van der Waals surface area contributed by atoms with E-state index in [0.29, 0.717) is 0 Å². The Bertz CT molecular complexity index is 4090. The standard InChI is InChI=1S/C66H48O/c1-64(2)52-34-50-54(65(3,4)56-30-46(39-20-9-11-22-41(39)61(50)56)43-25-15-18-37-29-36-17-7-8-19-38(36)60(37)43)32-48(52)49-33-55-51(35-53(49)64)62-42-23-12-10-21-40(42)47(31-57(62)66(55,5)6)44-26-16-28-59-63(44)45-24-13-14-27-58(45)67-59/h7-28,30-35H,29H2,1-6H3. The zero-order chi connectivity index (χ0) is 44.9. The zero-order valence-corrected chi connectivity index (χ0v) is 38.8. The van der Waals surface area contributed by atoms with Gasteiger partial charge in [-0.05, 0) is 188 Å². The van der Waals surface area contributed by atoms with Crippen LogP contribution in [0.1, 0.15) is 86.1 Å². The van der Waals surface area contributed by atoms with E-state index < -0.39 is 0 Å². The Morgan fingerprint density at radius 3 is 1.36 bits per heavy atom. The summed E-state index contributed by atoms with van der Waals surface area (Å²) < 4.78 is 6.43. The molecule has 1 heteroatoms. The quantitative estimate of drug-likeness (QED) is 0.169. The van der Waals surface area contributed by atoms with Crippen molar-refractivity contribution in [3.05, 3.63) is 214 Å². The molecule has 0 atom stereocenters. The molecule has 0 N–H and O–H groups in total. The van der Waals surface area contributed by atoms with Crippen molar-refractivity contribution >= 4 is 43.5 Å². The van der Waals surface area contributed by atoms with Crippen LogP contribution in [-0.4, -0.2) is 0 Å². The molecule has 10 aromatic carbocycles. The lowest BCUT2D eigenvalue weighted by Gasteiger charge is -2.25. The zero-order valence-electron chi connectivity index (χ0n) is 38.8. The maximum absolute atomic E-state index is 6.43. The van der Waals surface area contributed by atoms with E-state index in [0.717, 1.165) is 23.0 Å². The molecule has 1 heterocycles. The molecular formula is C66H48O. The fourth-order valence-corrected chi connectivity index (χ4v) is 13.7. The molecule has 0 aliphatic heterocycles. The van der Waals surface area contributed by atoms with E-state index in [9.17, 15) is 0 Å². The maximum Gasteiger partial charge on any atom is 0.136 e. The Balaban J connectivity index is 0.915. The summed E-state index contributed by atoms with van der Waals surface area (Å²) in [5, 5.41) is 7.61. The number of furan rings is 1. The van der Waals surface area contributed by atoms with Crippen molar-refractivity contribution in [1.29, 1.82) is 0 Å². The highest BCUT2D eigenvalue weighted by Crippen LogP contribution is 2.62. The van der Waals surface area contributed by atoms with Crippen molar-refractivity contribution in [3.63, 3.8) is 0 Å². The number of benzene rings is 10. The summed E-state index contributed by atoms with van der Waals surface area (Å²) in [7, 11) is 0. The van der Waals surface area contributed by atoms with Crippen LogP contribution in [0.25, 0.3) is 110 Å². The predicted octanol–water partition coefficient (Wildman–Crippen LogP) is 17.7. The highest BCUT2D eigenvalue weighted by atomic mass is 16.3. The molecule has 0 unspecified atom stereocenters. The Morgan fingerprint density at radius 2 is 0.716 bits per heavy atom. The first-order chi connectivity index (χ1) is 32.5. The molecular weight excluding hydrogens is 809 g/mol. The Labute approximate surface area is 391 Å². The number of hydrogen-bond acceptors (Lipinski definition) is 1. The van der Waals surface area contributed by atoms with Gasteiger partial charge in [0.05, 0.1) is 0 Å².